The van der Waals surface area contributed by atoms with Gasteiger partial charge in [-0.1, -0.05) is 0 Å². The molecule has 15 nitrogen and oxygen atoms in total. The van der Waals surface area contributed by atoms with Gasteiger partial charge in [0.1, 0.15) is 34.8 Å². The number of fused-ring (bicyclic) bond motifs is 3. The van der Waals surface area contributed by atoms with Gasteiger partial charge in [0.2, 0.25) is 17.7 Å². The topological polar surface area (TPSA) is 156 Å². The largest absolute Gasteiger partial charge is 0.374 e. The molecule has 0 spiro atoms. The molecule has 344 valence electrons. The Bertz CT molecular complexity index is 2640. The van der Waals surface area contributed by atoms with Crippen LogP contribution in [0.2, 0.25) is 0 Å². The number of rotatable bonds is 10. The summed E-state index contributed by atoms with van der Waals surface area (Å²) in [6, 6.07) is 12.3. The van der Waals surface area contributed by atoms with Crippen molar-refractivity contribution in [3.8, 4) is 28.6 Å². The molecule has 12 rings (SSSR count). The average Bonchev–Trinajstić information content (AvgIpc) is 4.00. The van der Waals surface area contributed by atoms with Crippen LogP contribution in [0.15, 0.2) is 61.3 Å². The van der Waals surface area contributed by atoms with E-state index in [0.29, 0.717) is 77.1 Å². The van der Waals surface area contributed by atoms with Crippen LogP contribution in [0.5, 0.6) is 0 Å². The molecule has 2 amide bonds. The number of nitriles is 1. The molecule has 66 heavy (non-hydrogen) atoms. The third-order valence-electron chi connectivity index (χ3n) is 15.2. The summed E-state index contributed by atoms with van der Waals surface area (Å²) < 4.78 is 46.7. The van der Waals surface area contributed by atoms with Gasteiger partial charge in [0.15, 0.2) is 0 Å². The summed E-state index contributed by atoms with van der Waals surface area (Å²) in [5.41, 5.74) is 5.10. The first-order chi connectivity index (χ1) is 32.0. The third-order valence-corrected chi connectivity index (χ3v) is 15.2. The van der Waals surface area contributed by atoms with Gasteiger partial charge in [-0.25, -0.2) is 27.7 Å². The molecule has 7 fully saturated rings. The summed E-state index contributed by atoms with van der Waals surface area (Å²) in [4.78, 5) is 43.2. The number of alkyl halides is 2. The molecule has 2 bridgehead atoms. The molecule has 2 saturated carbocycles. The molecule has 0 unspecified atom stereocenters. The van der Waals surface area contributed by atoms with Gasteiger partial charge in [0.25, 0.3) is 0 Å². The van der Waals surface area contributed by atoms with E-state index in [1.54, 1.807) is 22.8 Å². The number of imide groups is 1. The van der Waals surface area contributed by atoms with Crippen LogP contribution < -0.4 is 20.4 Å². The molecule has 2 N–H and O–H groups in total. The molecule has 18 heteroatoms. The van der Waals surface area contributed by atoms with Gasteiger partial charge >= 0.3 is 0 Å². The fraction of sp³-hybridized carbons (Fsp3) is 0.521. The van der Waals surface area contributed by atoms with Crippen molar-refractivity contribution in [1.29, 1.82) is 5.26 Å². The number of halogens is 3. The number of carbonyl (C=O) groups excluding carboxylic acids is 2. The highest BCUT2D eigenvalue weighted by Gasteiger charge is 2.46. The van der Waals surface area contributed by atoms with Crippen LogP contribution in [0, 0.1) is 23.1 Å². The number of anilines is 3. The maximum absolute atomic E-state index is 15.4. The number of benzene rings is 1. The second kappa shape index (κ2) is 17.3. The fourth-order valence-electron chi connectivity index (χ4n) is 11.5. The lowest BCUT2D eigenvalue weighted by Crippen LogP contribution is -2.69. The van der Waals surface area contributed by atoms with Crippen molar-refractivity contribution < 1.29 is 22.8 Å². The Balaban J connectivity index is 0.703. The zero-order valence-corrected chi connectivity index (χ0v) is 36.8. The number of nitrogens with zero attached hydrogens (tertiary/aromatic N) is 11. The Kier molecular flexibility index (Phi) is 11.2. The van der Waals surface area contributed by atoms with Crippen molar-refractivity contribution >= 4 is 34.5 Å². The maximum atomic E-state index is 15.4. The molecule has 3 atom stereocenters. The Hall–Kier alpha value is -6.06. The van der Waals surface area contributed by atoms with E-state index in [-0.39, 0.29) is 42.9 Å². The van der Waals surface area contributed by atoms with Crippen LogP contribution in [0.4, 0.5) is 30.4 Å². The van der Waals surface area contributed by atoms with Gasteiger partial charge in [-0.15, -0.1) is 0 Å². The van der Waals surface area contributed by atoms with E-state index in [1.807, 2.05) is 30.7 Å². The molecule has 1 aromatic carbocycles. The number of nitrogens with one attached hydrogen (secondary N) is 2. The van der Waals surface area contributed by atoms with E-state index in [2.05, 4.69) is 52.3 Å². The molecule has 2 aliphatic carbocycles. The Morgan fingerprint density at radius 3 is 2.32 bits per heavy atom. The highest BCUT2D eigenvalue weighted by molar-refractivity contribution is 6.01. The first-order valence-electron chi connectivity index (χ1n) is 23.6. The van der Waals surface area contributed by atoms with Gasteiger partial charge in [-0.2, -0.15) is 15.5 Å². The second-order valence-electron chi connectivity index (χ2n) is 19.3. The zero-order chi connectivity index (χ0) is 45.1. The fourth-order valence-corrected chi connectivity index (χ4v) is 11.5. The molecular formula is C48H54F3N13O2. The van der Waals surface area contributed by atoms with Crippen LogP contribution in [0.1, 0.15) is 82.2 Å². The lowest BCUT2D eigenvalue weighted by Gasteiger charge is -2.57. The van der Waals surface area contributed by atoms with Crippen LogP contribution in [0.3, 0.4) is 0 Å². The minimum atomic E-state index is -2.50. The number of carbonyl (C=O) groups is 2. The van der Waals surface area contributed by atoms with E-state index in [1.165, 1.54) is 6.07 Å². The number of amides is 2. The number of aromatic nitrogens is 6. The minimum Gasteiger partial charge on any atom is -0.374 e. The standard InChI is InChI=1S/C48H54F3N13O2/c49-39-19-34(56-40-7-10-44(65)58-47(40)66)2-8-42(39)60-17-15-59(16-18-60)35-3-5-36(6-4-35)63-26-33(24-54-63)41-29-64-46(32(21-52)23-55-64)45(57-41)31-1-9-43(53-22-31)61-27-37-20-38(28-61)62(37)25-30-11-13-48(50,51)14-12-30/h1-2,8-9,19,22-24,26,29-30,35-38,40,56H,3-7,10-18,20,25,27-28H2,(H,58,65,66)/t35?,36?,37-,38-,40-/m0/s1. The molecule has 7 aliphatic rings. The lowest BCUT2D eigenvalue weighted by molar-refractivity contribution is -0.133. The van der Waals surface area contributed by atoms with Crippen molar-refractivity contribution in [3.63, 3.8) is 0 Å². The van der Waals surface area contributed by atoms with Gasteiger partial charge < -0.3 is 15.1 Å². The average molecular weight is 902 g/mol. The van der Waals surface area contributed by atoms with Crippen molar-refractivity contribution in [1.82, 2.24) is 44.5 Å². The third kappa shape index (κ3) is 8.36. The van der Waals surface area contributed by atoms with Crippen LogP contribution in [0.25, 0.3) is 28.0 Å². The number of piperazine rings is 2. The smallest absolute Gasteiger partial charge is 0.249 e. The van der Waals surface area contributed by atoms with Crippen LogP contribution in [-0.4, -0.2) is 127 Å². The van der Waals surface area contributed by atoms with Crippen LogP contribution in [-0.2, 0) is 9.59 Å². The summed E-state index contributed by atoms with van der Waals surface area (Å²) in [7, 11) is 0. The molecule has 5 saturated heterocycles. The Morgan fingerprint density at radius 1 is 0.833 bits per heavy atom. The molecule has 5 aliphatic heterocycles. The Morgan fingerprint density at radius 2 is 1.61 bits per heavy atom. The van der Waals surface area contributed by atoms with E-state index in [9.17, 15) is 23.6 Å². The van der Waals surface area contributed by atoms with E-state index < -0.39 is 12.0 Å². The Labute approximate surface area is 380 Å². The monoisotopic (exact) mass is 901 g/mol. The first kappa shape index (κ1) is 42.6. The van der Waals surface area contributed by atoms with E-state index in [0.717, 1.165) is 94.9 Å². The van der Waals surface area contributed by atoms with Gasteiger partial charge in [0.05, 0.1) is 41.7 Å². The van der Waals surface area contributed by atoms with Gasteiger partial charge in [0, 0.05) is 112 Å². The molecule has 9 heterocycles. The number of pyridine rings is 1. The SMILES string of the molecule is N#Cc1cnn2cc(-c3cnn(C4CCC(N5CCN(c6ccc(N[C@H]7CCC(=O)NC7=O)cc6F)CC5)CC4)c3)nc(-c3ccc(N4C[C@@H]5C[C@@H](C4)N5CC4CCC(F)(F)CC4)nc3)c12. The van der Waals surface area contributed by atoms with Crippen molar-refractivity contribution in [2.24, 2.45) is 5.92 Å². The molecule has 4 aromatic heterocycles. The number of hydrogen-bond donors (Lipinski definition) is 2. The number of hydrogen-bond acceptors (Lipinski definition) is 12. The predicted octanol–water partition coefficient (Wildman–Crippen LogP) is 6.28. The summed E-state index contributed by atoms with van der Waals surface area (Å²) in [6.07, 6.45) is 16.2. The summed E-state index contributed by atoms with van der Waals surface area (Å²) in [5.74, 6) is -2.25. The highest BCUT2D eigenvalue weighted by atomic mass is 19.3. The predicted molar refractivity (Wildman–Crippen MR) is 241 cm³/mol. The van der Waals surface area contributed by atoms with E-state index >= 15 is 4.39 Å². The number of piperidine rings is 2. The van der Waals surface area contributed by atoms with Crippen molar-refractivity contribution in [2.45, 2.75) is 107 Å². The molecule has 5 aromatic rings. The van der Waals surface area contributed by atoms with Crippen molar-refractivity contribution in [3.05, 3.63) is 72.7 Å². The minimum absolute atomic E-state index is 0.0117. The maximum Gasteiger partial charge on any atom is 0.249 e. The molecular weight excluding hydrogens is 848 g/mol. The normalized spacial score (nSPS) is 26.2. The summed E-state index contributed by atoms with van der Waals surface area (Å²) in [5, 5.41) is 24.8. The second-order valence-corrected chi connectivity index (χ2v) is 19.3. The van der Waals surface area contributed by atoms with Gasteiger partial charge in [-0.3, -0.25) is 29.4 Å². The quantitative estimate of drug-likeness (QED) is 0.152. The first-order valence-corrected chi connectivity index (χ1v) is 23.6. The van der Waals surface area contributed by atoms with E-state index in [4.69, 9.17) is 15.1 Å². The van der Waals surface area contributed by atoms with Crippen molar-refractivity contribution in [2.75, 3.05) is 60.9 Å². The molecule has 0 radical (unpaired) electrons. The highest BCUT2D eigenvalue weighted by Crippen LogP contribution is 2.41. The summed E-state index contributed by atoms with van der Waals surface area (Å²) in [6.45, 7) is 5.78. The summed E-state index contributed by atoms with van der Waals surface area (Å²) >= 11 is 0. The lowest BCUT2D eigenvalue weighted by atomic mass is 9.82. The zero-order valence-electron chi connectivity index (χ0n) is 36.8. The van der Waals surface area contributed by atoms with Crippen LogP contribution >= 0.6 is 0 Å². The van der Waals surface area contributed by atoms with Gasteiger partial charge in [-0.05, 0) is 87.6 Å².